The van der Waals surface area contributed by atoms with E-state index in [1.807, 2.05) is 30.3 Å². The van der Waals surface area contributed by atoms with E-state index < -0.39 is 10.4 Å². The van der Waals surface area contributed by atoms with Crippen molar-refractivity contribution >= 4 is 29.2 Å². The molecule has 0 radical (unpaired) electrons. The van der Waals surface area contributed by atoms with Gasteiger partial charge in [0.05, 0.1) is 20.6 Å². The molecule has 3 nitrogen and oxygen atoms in total. The first-order chi connectivity index (χ1) is 13.1. The molecular weight excluding hydrogens is 393 g/mol. The van der Waals surface area contributed by atoms with Gasteiger partial charge in [-0.2, -0.15) is 0 Å². The molecule has 5 heteroatoms. The van der Waals surface area contributed by atoms with Crippen LogP contribution in [0.4, 0.5) is 0 Å². The van der Waals surface area contributed by atoms with Gasteiger partial charge < -0.3 is 9.90 Å². The van der Waals surface area contributed by atoms with Gasteiger partial charge in [-0.15, -0.1) is 0 Å². The summed E-state index contributed by atoms with van der Waals surface area (Å²) < 4.78 is -0.294. The number of carboxylic acid groups (broad SMARTS) is 1. The number of benzene rings is 1. The van der Waals surface area contributed by atoms with Gasteiger partial charge in [0.2, 0.25) is 0 Å². The van der Waals surface area contributed by atoms with Crippen molar-refractivity contribution in [2.24, 2.45) is 0 Å². The number of hydrogen-bond acceptors (Lipinski definition) is 2. The van der Waals surface area contributed by atoms with E-state index in [-0.39, 0.29) is 0 Å². The number of carbonyl (C=O) groups excluding carboxylic acids is 1. The van der Waals surface area contributed by atoms with Gasteiger partial charge in [-0.05, 0) is 55.1 Å². The van der Waals surface area contributed by atoms with Gasteiger partial charge in [-0.25, -0.2) is 0 Å². The van der Waals surface area contributed by atoms with Gasteiger partial charge in [0.25, 0.3) is 4.46 Å². The summed E-state index contributed by atoms with van der Waals surface area (Å²) >= 11 is 13.4. The van der Waals surface area contributed by atoms with E-state index in [2.05, 4.69) is 21.0 Å². The number of nitrogens with zero attached hydrogens (tertiary/aromatic N) is 1. The van der Waals surface area contributed by atoms with Crippen LogP contribution in [0.1, 0.15) is 83.6 Å². The maximum atomic E-state index is 8.89. The molecular formula is C23H39Cl2NO2. The molecule has 162 valence electrons. The standard InChI is InChI=1S/C21H36Cl2N.C2H4O2/c1-4-5-6-7-8-9-10-11-12-16-19-24(2,3)21(22,23)20-17-14-13-15-18-20;1-2(3)4/h13-15,17-18H,4-12,16,19H2,1-3H3;1H3,(H,3,4)/q+1;/p-1. The number of halogens is 2. The highest BCUT2D eigenvalue weighted by molar-refractivity contribution is 6.46. The first-order valence-electron chi connectivity index (χ1n) is 10.6. The molecule has 0 N–H and O–H groups in total. The number of hydrogen-bond donors (Lipinski definition) is 0. The molecule has 0 fully saturated rings. The van der Waals surface area contributed by atoms with Crippen LogP contribution in [0.2, 0.25) is 0 Å². The Kier molecular flexibility index (Phi) is 14.7. The Morgan fingerprint density at radius 1 is 0.893 bits per heavy atom. The number of rotatable bonds is 13. The topological polar surface area (TPSA) is 40.1 Å². The van der Waals surface area contributed by atoms with Crippen LogP contribution in [-0.2, 0) is 9.25 Å². The second-order valence-corrected chi connectivity index (χ2v) is 9.28. The predicted octanol–water partition coefficient (Wildman–Crippen LogP) is 6.03. The van der Waals surface area contributed by atoms with E-state index in [1.54, 1.807) is 0 Å². The summed E-state index contributed by atoms with van der Waals surface area (Å²) in [6, 6.07) is 10.0. The van der Waals surface area contributed by atoms with E-state index >= 15 is 0 Å². The quantitative estimate of drug-likeness (QED) is 0.165. The van der Waals surface area contributed by atoms with Crippen molar-refractivity contribution in [2.45, 2.75) is 82.5 Å². The van der Waals surface area contributed by atoms with Crippen LogP contribution in [0, 0.1) is 0 Å². The monoisotopic (exact) mass is 431 g/mol. The second kappa shape index (κ2) is 15.1. The van der Waals surface area contributed by atoms with Crippen LogP contribution in [0.25, 0.3) is 0 Å². The Morgan fingerprint density at radius 3 is 1.71 bits per heavy atom. The van der Waals surface area contributed by atoms with E-state index in [0.29, 0.717) is 4.48 Å². The Hall–Kier alpha value is -0.770. The summed E-state index contributed by atoms with van der Waals surface area (Å²) in [7, 11) is 4.25. The van der Waals surface area contributed by atoms with Crippen molar-refractivity contribution in [3.63, 3.8) is 0 Å². The number of carboxylic acids is 1. The smallest absolute Gasteiger partial charge is 0.277 e. The maximum Gasteiger partial charge on any atom is 0.277 e. The van der Waals surface area contributed by atoms with E-state index in [4.69, 9.17) is 33.1 Å². The molecule has 1 rings (SSSR count). The van der Waals surface area contributed by atoms with E-state index in [9.17, 15) is 0 Å². The van der Waals surface area contributed by atoms with E-state index in [1.165, 1.54) is 64.2 Å². The van der Waals surface area contributed by atoms with Crippen molar-refractivity contribution in [3.8, 4) is 0 Å². The third-order valence-corrected chi connectivity index (χ3v) is 6.30. The maximum absolute atomic E-state index is 8.89. The molecule has 1 aromatic rings. The second-order valence-electron chi connectivity index (χ2n) is 7.99. The van der Waals surface area contributed by atoms with Gasteiger partial charge in [-0.3, -0.25) is 4.48 Å². The Labute approximate surface area is 182 Å². The zero-order valence-electron chi connectivity index (χ0n) is 18.2. The molecule has 0 unspecified atom stereocenters. The van der Waals surface area contributed by atoms with Crippen LogP contribution in [0.15, 0.2) is 30.3 Å². The van der Waals surface area contributed by atoms with Gasteiger partial charge >= 0.3 is 0 Å². The summed E-state index contributed by atoms with van der Waals surface area (Å²) in [5.74, 6) is -1.08. The van der Waals surface area contributed by atoms with Gasteiger partial charge in [0.1, 0.15) is 0 Å². The van der Waals surface area contributed by atoms with Crippen molar-refractivity contribution in [3.05, 3.63) is 35.9 Å². The summed E-state index contributed by atoms with van der Waals surface area (Å²) in [6.45, 7) is 4.24. The highest BCUT2D eigenvalue weighted by Crippen LogP contribution is 2.41. The SMILES string of the molecule is CC(=O)[O-].CCCCCCCCCCCC[N+](C)(C)C(Cl)(Cl)c1ccccc1. The van der Waals surface area contributed by atoms with Crippen LogP contribution in [-0.4, -0.2) is 31.1 Å². The first-order valence-corrected chi connectivity index (χ1v) is 11.3. The fourth-order valence-electron chi connectivity index (χ4n) is 3.12. The molecule has 1 aromatic carbocycles. The van der Waals surface area contributed by atoms with Crippen LogP contribution < -0.4 is 5.11 Å². The normalized spacial score (nSPS) is 11.6. The summed E-state index contributed by atoms with van der Waals surface area (Å²) in [5, 5.41) is 8.89. The number of aliphatic carboxylic acids is 1. The molecule has 0 saturated carbocycles. The molecule has 0 saturated heterocycles. The highest BCUT2D eigenvalue weighted by Gasteiger charge is 2.43. The molecule has 28 heavy (non-hydrogen) atoms. The summed E-state index contributed by atoms with van der Waals surface area (Å²) in [5.41, 5.74) is 0.977. The van der Waals surface area contributed by atoms with Crippen LogP contribution in [0.3, 0.4) is 0 Å². The average Bonchev–Trinajstić information content (AvgIpc) is 2.63. The minimum atomic E-state index is -1.08. The molecule has 0 aliphatic heterocycles. The third-order valence-electron chi connectivity index (χ3n) is 4.95. The fraction of sp³-hybridized carbons (Fsp3) is 0.696. The summed E-state index contributed by atoms with van der Waals surface area (Å²) in [4.78, 5) is 8.89. The zero-order valence-corrected chi connectivity index (χ0v) is 19.7. The van der Waals surface area contributed by atoms with Crippen LogP contribution in [0.5, 0.6) is 0 Å². The van der Waals surface area contributed by atoms with Crippen molar-refractivity contribution < 1.29 is 14.4 Å². The van der Waals surface area contributed by atoms with Gasteiger partial charge in [0, 0.05) is 11.5 Å². The first kappa shape index (κ1) is 27.2. The molecule has 0 bridgehead atoms. The molecule has 0 spiro atoms. The Bertz CT molecular complexity index is 515. The minimum absolute atomic E-state index is 0.594. The lowest BCUT2D eigenvalue weighted by atomic mass is 10.1. The minimum Gasteiger partial charge on any atom is -0.550 e. The lowest BCUT2D eigenvalue weighted by Gasteiger charge is -2.40. The van der Waals surface area contributed by atoms with Crippen LogP contribution >= 0.6 is 23.2 Å². The number of carbonyl (C=O) groups is 1. The van der Waals surface area contributed by atoms with Crippen molar-refractivity contribution in [2.75, 3.05) is 20.6 Å². The number of alkyl halides is 2. The van der Waals surface area contributed by atoms with Gasteiger partial charge in [-0.1, -0.05) is 76.5 Å². The van der Waals surface area contributed by atoms with Gasteiger partial charge in [0.15, 0.2) is 0 Å². The van der Waals surface area contributed by atoms with Crippen molar-refractivity contribution in [1.82, 2.24) is 0 Å². The lowest BCUT2D eigenvalue weighted by molar-refractivity contribution is -0.920. The Balaban J connectivity index is 0.00000165. The number of quaternary nitrogens is 1. The highest BCUT2D eigenvalue weighted by atomic mass is 35.5. The lowest BCUT2D eigenvalue weighted by Crippen LogP contribution is -2.51. The molecule has 0 aliphatic rings. The zero-order chi connectivity index (χ0) is 21.5. The van der Waals surface area contributed by atoms with E-state index in [0.717, 1.165) is 19.0 Å². The summed E-state index contributed by atoms with van der Waals surface area (Å²) in [6.07, 6.45) is 13.5. The largest absolute Gasteiger partial charge is 0.550 e. The molecule has 0 aliphatic carbocycles. The molecule has 0 atom stereocenters. The number of unbranched alkanes of at least 4 members (excludes halogenated alkanes) is 9. The average molecular weight is 432 g/mol. The molecule has 0 amide bonds. The van der Waals surface area contributed by atoms with Crippen molar-refractivity contribution in [1.29, 1.82) is 0 Å². The molecule has 0 aromatic heterocycles. The Morgan fingerprint density at radius 2 is 1.29 bits per heavy atom. The fourth-order valence-corrected chi connectivity index (χ4v) is 3.54. The molecule has 0 heterocycles. The predicted molar refractivity (Wildman–Crippen MR) is 119 cm³/mol. The third kappa shape index (κ3) is 11.9.